The number of aromatic nitrogens is 3. The molecule has 0 spiro atoms. The predicted molar refractivity (Wildman–Crippen MR) is 90.1 cm³/mol. The third-order valence-electron chi connectivity index (χ3n) is 3.28. The number of nitrogens with zero attached hydrogens (tertiary/aromatic N) is 4. The van der Waals surface area contributed by atoms with Crippen molar-refractivity contribution in [1.82, 2.24) is 14.6 Å². The van der Waals surface area contributed by atoms with Crippen LogP contribution in [0, 0.1) is 6.92 Å². The maximum Gasteiger partial charge on any atom is 0.433 e. The van der Waals surface area contributed by atoms with Crippen molar-refractivity contribution >= 4 is 12.2 Å². The van der Waals surface area contributed by atoms with E-state index in [2.05, 4.69) is 15.1 Å². The van der Waals surface area contributed by atoms with Crippen LogP contribution in [0.3, 0.4) is 0 Å². The number of ether oxygens (including phenoxy) is 1. The van der Waals surface area contributed by atoms with E-state index in [9.17, 15) is 13.2 Å². The summed E-state index contributed by atoms with van der Waals surface area (Å²) in [5, 5.41) is 4.18. The Morgan fingerprint density at radius 3 is 2.46 bits per heavy atom. The van der Waals surface area contributed by atoms with E-state index in [4.69, 9.17) is 10.5 Å². The molecular formula is C17H14F3N5O. The predicted octanol–water partition coefficient (Wildman–Crippen LogP) is 3.86. The van der Waals surface area contributed by atoms with Crippen molar-refractivity contribution in [3.8, 4) is 11.6 Å². The summed E-state index contributed by atoms with van der Waals surface area (Å²) in [6, 6.07) is 10.1. The van der Waals surface area contributed by atoms with Gasteiger partial charge in [-0.2, -0.15) is 18.3 Å². The van der Waals surface area contributed by atoms with Gasteiger partial charge in [-0.05, 0) is 42.8 Å². The molecule has 0 bridgehead atoms. The molecule has 3 aromatic rings. The van der Waals surface area contributed by atoms with E-state index in [1.807, 2.05) is 0 Å². The van der Waals surface area contributed by atoms with E-state index in [1.165, 1.54) is 16.8 Å². The fourth-order valence-electron chi connectivity index (χ4n) is 2.10. The summed E-state index contributed by atoms with van der Waals surface area (Å²) in [6.07, 6.45) is -1.26. The van der Waals surface area contributed by atoms with Gasteiger partial charge in [-0.3, -0.25) is 0 Å². The number of nitrogens with two attached hydrogens (primary N) is 1. The van der Waals surface area contributed by atoms with Crippen LogP contribution in [0.4, 0.5) is 19.1 Å². The lowest BCUT2D eigenvalue weighted by Crippen LogP contribution is -2.07. The van der Waals surface area contributed by atoms with Crippen LogP contribution in [-0.4, -0.2) is 20.9 Å². The Hall–Kier alpha value is -3.36. The third kappa shape index (κ3) is 4.18. The molecule has 1 aromatic carbocycles. The van der Waals surface area contributed by atoms with Gasteiger partial charge in [-0.25, -0.2) is 14.6 Å². The second-order valence-electron chi connectivity index (χ2n) is 5.36. The molecule has 0 aliphatic carbocycles. The summed E-state index contributed by atoms with van der Waals surface area (Å²) in [4.78, 5) is 7.48. The molecule has 0 amide bonds. The largest absolute Gasteiger partial charge is 0.439 e. The molecule has 3 rings (SSSR count). The smallest absolute Gasteiger partial charge is 0.433 e. The number of hydrogen-bond acceptors (Lipinski definition) is 5. The lowest BCUT2D eigenvalue weighted by Gasteiger charge is -2.08. The molecule has 0 saturated carbocycles. The number of hydrogen-bond donors (Lipinski definition) is 1. The summed E-state index contributed by atoms with van der Waals surface area (Å²) in [5.74, 6) is 0.490. The maximum atomic E-state index is 12.7. The van der Waals surface area contributed by atoms with Crippen LogP contribution in [0.1, 0.15) is 17.0 Å². The van der Waals surface area contributed by atoms with Gasteiger partial charge < -0.3 is 10.5 Å². The van der Waals surface area contributed by atoms with Gasteiger partial charge in [0.1, 0.15) is 11.4 Å². The molecule has 6 nitrogen and oxygen atoms in total. The van der Waals surface area contributed by atoms with Crippen LogP contribution >= 0.6 is 0 Å². The summed E-state index contributed by atoms with van der Waals surface area (Å²) < 4.78 is 44.8. The molecule has 0 unspecified atom stereocenters. The van der Waals surface area contributed by atoms with Crippen molar-refractivity contribution in [1.29, 1.82) is 0 Å². The van der Waals surface area contributed by atoms with Crippen LogP contribution in [0.15, 0.2) is 53.8 Å². The van der Waals surface area contributed by atoms with E-state index in [1.54, 1.807) is 43.6 Å². The lowest BCUT2D eigenvalue weighted by atomic mass is 10.2. The average molecular weight is 361 g/mol. The highest BCUT2D eigenvalue weighted by Gasteiger charge is 2.32. The molecule has 9 heteroatoms. The van der Waals surface area contributed by atoms with Crippen LogP contribution in [0.5, 0.6) is 11.6 Å². The van der Waals surface area contributed by atoms with Crippen molar-refractivity contribution in [3.63, 3.8) is 0 Å². The lowest BCUT2D eigenvalue weighted by molar-refractivity contribution is -0.141. The van der Waals surface area contributed by atoms with Gasteiger partial charge in [0.15, 0.2) is 0 Å². The third-order valence-corrected chi connectivity index (χ3v) is 3.28. The molecule has 0 radical (unpaired) electrons. The summed E-state index contributed by atoms with van der Waals surface area (Å²) >= 11 is 0. The molecule has 0 aliphatic rings. The second kappa shape index (κ2) is 6.87. The van der Waals surface area contributed by atoms with Crippen LogP contribution in [0.2, 0.25) is 0 Å². The number of imidazole rings is 1. The first kappa shape index (κ1) is 17.5. The minimum atomic E-state index is -4.52. The summed E-state index contributed by atoms with van der Waals surface area (Å²) in [6.45, 7) is 1.80. The Balaban J connectivity index is 1.71. The van der Waals surface area contributed by atoms with Crippen LogP contribution in [0.25, 0.3) is 0 Å². The van der Waals surface area contributed by atoms with Crippen molar-refractivity contribution in [2.45, 2.75) is 13.1 Å². The molecule has 0 saturated heterocycles. The monoisotopic (exact) mass is 361 g/mol. The van der Waals surface area contributed by atoms with Crippen LogP contribution in [-0.2, 0) is 6.18 Å². The highest BCUT2D eigenvalue weighted by molar-refractivity contribution is 5.79. The van der Waals surface area contributed by atoms with E-state index >= 15 is 0 Å². The van der Waals surface area contributed by atoms with Gasteiger partial charge in [0.05, 0.1) is 18.1 Å². The Morgan fingerprint density at radius 2 is 1.85 bits per heavy atom. The number of alkyl halides is 3. The summed E-state index contributed by atoms with van der Waals surface area (Å²) in [7, 11) is 0. The molecule has 26 heavy (non-hydrogen) atoms. The second-order valence-corrected chi connectivity index (χ2v) is 5.36. The van der Waals surface area contributed by atoms with E-state index in [-0.39, 0.29) is 11.8 Å². The maximum absolute atomic E-state index is 12.7. The van der Waals surface area contributed by atoms with Crippen molar-refractivity contribution < 1.29 is 17.9 Å². The number of pyridine rings is 1. The molecule has 2 aromatic heterocycles. The van der Waals surface area contributed by atoms with E-state index in [0.717, 1.165) is 17.3 Å². The zero-order valence-corrected chi connectivity index (χ0v) is 13.6. The molecule has 0 atom stereocenters. The van der Waals surface area contributed by atoms with Gasteiger partial charge in [0, 0.05) is 6.07 Å². The van der Waals surface area contributed by atoms with Gasteiger partial charge in [0.25, 0.3) is 0 Å². The van der Waals surface area contributed by atoms with E-state index < -0.39 is 11.9 Å². The van der Waals surface area contributed by atoms with E-state index in [0.29, 0.717) is 5.75 Å². The van der Waals surface area contributed by atoms with Crippen molar-refractivity contribution in [3.05, 3.63) is 65.6 Å². The Bertz CT molecular complexity index is 932. The van der Waals surface area contributed by atoms with Crippen molar-refractivity contribution in [2.75, 3.05) is 5.73 Å². The highest BCUT2D eigenvalue weighted by atomic mass is 19.4. The topological polar surface area (TPSA) is 78.3 Å². The van der Waals surface area contributed by atoms with Crippen LogP contribution < -0.4 is 10.5 Å². The number of aryl methyl sites for hydroxylation is 1. The SMILES string of the molecule is Cc1cn(N=Cc2ccc(Oc3cccc(C(F)(F)F)n3)cc2)c(N)n1. The number of rotatable bonds is 4. The Morgan fingerprint density at radius 1 is 1.12 bits per heavy atom. The number of nitrogen functional groups attached to an aromatic ring is 1. The Labute approximate surface area is 146 Å². The minimum absolute atomic E-state index is 0.136. The summed E-state index contributed by atoms with van der Waals surface area (Å²) in [5.41, 5.74) is 6.18. The Kier molecular flexibility index (Phi) is 4.61. The van der Waals surface area contributed by atoms with Crippen molar-refractivity contribution in [2.24, 2.45) is 5.10 Å². The van der Waals surface area contributed by atoms with Gasteiger partial charge in [-0.15, -0.1) is 0 Å². The highest BCUT2D eigenvalue weighted by Crippen LogP contribution is 2.29. The quantitative estimate of drug-likeness (QED) is 0.716. The minimum Gasteiger partial charge on any atom is -0.439 e. The fraction of sp³-hybridized carbons (Fsp3) is 0.118. The fourth-order valence-corrected chi connectivity index (χ4v) is 2.10. The standard InChI is InChI=1S/C17H14F3N5O/c1-11-10-25(16(21)23-11)22-9-12-5-7-13(8-6-12)26-15-4-2-3-14(24-15)17(18,19)20/h2-10H,1H3,(H2,21,23). The average Bonchev–Trinajstić information content (AvgIpc) is 2.91. The molecule has 0 aliphatic heterocycles. The zero-order valence-electron chi connectivity index (χ0n) is 13.6. The molecule has 0 fully saturated rings. The number of halogens is 3. The van der Waals surface area contributed by atoms with Gasteiger partial charge >= 0.3 is 6.18 Å². The number of benzene rings is 1. The first-order valence-corrected chi connectivity index (χ1v) is 7.49. The van der Waals surface area contributed by atoms with Gasteiger partial charge in [0.2, 0.25) is 11.8 Å². The first-order chi connectivity index (χ1) is 12.3. The molecular weight excluding hydrogens is 347 g/mol. The number of anilines is 1. The molecule has 2 N–H and O–H groups in total. The molecule has 2 heterocycles. The molecule has 134 valence electrons. The zero-order chi connectivity index (χ0) is 18.7. The first-order valence-electron chi connectivity index (χ1n) is 7.49. The van der Waals surface area contributed by atoms with Gasteiger partial charge in [-0.1, -0.05) is 6.07 Å². The normalized spacial score (nSPS) is 11.8.